The molecular formula is C18H23N3O5. The van der Waals surface area contributed by atoms with Crippen molar-refractivity contribution in [3.05, 3.63) is 36.0 Å². The number of aromatic nitrogens is 1. The van der Waals surface area contributed by atoms with E-state index in [1.165, 1.54) is 7.11 Å². The molecule has 0 radical (unpaired) electrons. The minimum Gasteiger partial charge on any atom is -0.384 e. The predicted octanol–water partition coefficient (Wildman–Crippen LogP) is 0.134. The van der Waals surface area contributed by atoms with Gasteiger partial charge >= 0.3 is 0 Å². The molecule has 0 aliphatic carbocycles. The van der Waals surface area contributed by atoms with Crippen molar-refractivity contribution in [3.63, 3.8) is 0 Å². The quantitative estimate of drug-likeness (QED) is 0.703. The zero-order valence-corrected chi connectivity index (χ0v) is 14.7. The number of H-pyrrole nitrogens is 1. The number of amides is 2. The molecule has 1 unspecified atom stereocenters. The number of β-amino-alcohol motifs (C(OH)–C–C–N with tert-alkyl or cyclic N) is 1. The van der Waals surface area contributed by atoms with Crippen LogP contribution in [0.4, 0.5) is 0 Å². The number of carbonyl (C=O) groups excluding carboxylic acids is 2. The monoisotopic (exact) mass is 361 g/mol. The number of aliphatic hydroxyl groups is 1. The highest BCUT2D eigenvalue weighted by Crippen LogP contribution is 2.18. The first-order chi connectivity index (χ1) is 12.5. The third-order valence-corrected chi connectivity index (χ3v) is 4.30. The van der Waals surface area contributed by atoms with Crippen molar-refractivity contribution >= 4 is 22.7 Å². The van der Waals surface area contributed by atoms with Crippen molar-refractivity contribution in [2.75, 3.05) is 46.6 Å². The second-order valence-corrected chi connectivity index (χ2v) is 6.48. The molecule has 2 amide bonds. The van der Waals surface area contributed by atoms with Crippen molar-refractivity contribution < 1.29 is 24.2 Å². The summed E-state index contributed by atoms with van der Waals surface area (Å²) in [4.78, 5) is 29.1. The molecule has 0 spiro atoms. The normalized spacial score (nSPS) is 20.8. The van der Waals surface area contributed by atoms with Gasteiger partial charge in [0.25, 0.3) is 5.91 Å². The van der Waals surface area contributed by atoms with Gasteiger partial charge in [0.2, 0.25) is 5.91 Å². The Hall–Kier alpha value is -2.42. The van der Waals surface area contributed by atoms with E-state index in [0.717, 1.165) is 10.9 Å². The van der Waals surface area contributed by atoms with E-state index in [9.17, 15) is 14.7 Å². The average Bonchev–Trinajstić information content (AvgIpc) is 2.97. The summed E-state index contributed by atoms with van der Waals surface area (Å²) < 4.78 is 10.2. The van der Waals surface area contributed by atoms with Crippen LogP contribution in [0.3, 0.4) is 0 Å². The number of hydrogen-bond acceptors (Lipinski definition) is 5. The van der Waals surface area contributed by atoms with Crippen LogP contribution < -0.4 is 5.32 Å². The van der Waals surface area contributed by atoms with Crippen LogP contribution in [0.5, 0.6) is 0 Å². The van der Waals surface area contributed by atoms with Gasteiger partial charge in [-0.15, -0.1) is 0 Å². The highest BCUT2D eigenvalue weighted by molar-refractivity contribution is 5.98. The molecule has 1 aliphatic rings. The minimum atomic E-state index is -1.36. The molecule has 1 atom stereocenters. The summed E-state index contributed by atoms with van der Waals surface area (Å²) in [5, 5.41) is 14.3. The molecule has 3 N–H and O–H groups in total. The molecule has 140 valence electrons. The van der Waals surface area contributed by atoms with Crippen molar-refractivity contribution in [1.82, 2.24) is 15.2 Å². The Bertz CT molecular complexity index is 757. The number of methoxy groups -OCH3 is 1. The number of benzene rings is 1. The fraction of sp³-hybridized carbons (Fsp3) is 0.444. The standard InChI is InChI=1S/C18H23N3O5/c1-25-9-16(22)19-10-18(24)11-21(6-7-26-12-18)17(23)15-8-13-4-2-3-5-14(13)20-15/h2-5,8,20,24H,6-7,9-12H2,1H3,(H,19,22). The summed E-state index contributed by atoms with van der Waals surface area (Å²) in [7, 11) is 1.42. The lowest BCUT2D eigenvalue weighted by molar-refractivity contribution is -0.126. The molecule has 3 rings (SSSR count). The van der Waals surface area contributed by atoms with Crippen LogP contribution in [0, 0.1) is 0 Å². The zero-order chi connectivity index (χ0) is 18.6. The average molecular weight is 361 g/mol. The molecule has 0 bridgehead atoms. The van der Waals surface area contributed by atoms with E-state index in [-0.39, 0.29) is 38.1 Å². The van der Waals surface area contributed by atoms with Gasteiger partial charge in [-0.25, -0.2) is 0 Å². The summed E-state index contributed by atoms with van der Waals surface area (Å²) in [6.07, 6.45) is 0. The number of para-hydroxylation sites is 1. The molecule has 1 aromatic heterocycles. The van der Waals surface area contributed by atoms with Crippen LogP contribution >= 0.6 is 0 Å². The summed E-state index contributed by atoms with van der Waals surface area (Å²) >= 11 is 0. The second kappa shape index (κ2) is 7.86. The Morgan fingerprint density at radius 2 is 2.23 bits per heavy atom. The largest absolute Gasteiger partial charge is 0.384 e. The Kier molecular flexibility index (Phi) is 5.55. The van der Waals surface area contributed by atoms with Gasteiger partial charge in [-0.1, -0.05) is 18.2 Å². The van der Waals surface area contributed by atoms with Crippen molar-refractivity contribution in [1.29, 1.82) is 0 Å². The van der Waals surface area contributed by atoms with Crippen LogP contribution in [0.15, 0.2) is 30.3 Å². The molecule has 1 aromatic carbocycles. The van der Waals surface area contributed by atoms with E-state index in [1.54, 1.807) is 11.0 Å². The fourth-order valence-corrected chi connectivity index (χ4v) is 3.00. The topological polar surface area (TPSA) is 104 Å². The molecular weight excluding hydrogens is 338 g/mol. The summed E-state index contributed by atoms with van der Waals surface area (Å²) in [5.74, 6) is -0.549. The van der Waals surface area contributed by atoms with E-state index in [4.69, 9.17) is 9.47 Å². The number of carbonyl (C=O) groups is 2. The first kappa shape index (κ1) is 18.4. The maximum Gasteiger partial charge on any atom is 0.270 e. The third kappa shape index (κ3) is 4.21. The third-order valence-electron chi connectivity index (χ3n) is 4.30. The molecule has 0 saturated carbocycles. The number of nitrogens with zero attached hydrogens (tertiary/aromatic N) is 1. The van der Waals surface area contributed by atoms with Crippen molar-refractivity contribution in [2.45, 2.75) is 5.60 Å². The molecule has 2 aromatic rings. The van der Waals surface area contributed by atoms with E-state index >= 15 is 0 Å². The van der Waals surface area contributed by atoms with Gasteiger partial charge in [0.1, 0.15) is 17.9 Å². The Morgan fingerprint density at radius 1 is 1.42 bits per heavy atom. The maximum absolute atomic E-state index is 12.9. The molecule has 2 heterocycles. The molecule has 26 heavy (non-hydrogen) atoms. The summed E-state index contributed by atoms with van der Waals surface area (Å²) in [5.41, 5.74) is -0.0235. The Balaban J connectivity index is 1.71. The number of rotatable bonds is 5. The Labute approximate surface area is 151 Å². The van der Waals surface area contributed by atoms with Crippen LogP contribution in [0.25, 0.3) is 10.9 Å². The maximum atomic E-state index is 12.9. The highest BCUT2D eigenvalue weighted by Gasteiger charge is 2.35. The molecule has 1 fully saturated rings. The van der Waals surface area contributed by atoms with Gasteiger partial charge in [0, 0.05) is 24.6 Å². The lowest BCUT2D eigenvalue weighted by Crippen LogP contribution is -2.53. The Morgan fingerprint density at radius 3 is 3.00 bits per heavy atom. The number of nitrogens with one attached hydrogen (secondary N) is 2. The molecule has 8 nitrogen and oxygen atoms in total. The number of ether oxygens (including phenoxy) is 2. The highest BCUT2D eigenvalue weighted by atomic mass is 16.5. The van der Waals surface area contributed by atoms with Crippen molar-refractivity contribution in [3.8, 4) is 0 Å². The smallest absolute Gasteiger partial charge is 0.270 e. The van der Waals surface area contributed by atoms with Gasteiger partial charge in [0.05, 0.1) is 26.3 Å². The van der Waals surface area contributed by atoms with Gasteiger partial charge in [0.15, 0.2) is 0 Å². The van der Waals surface area contributed by atoms with Crippen LogP contribution in [0.1, 0.15) is 10.5 Å². The number of fused-ring (bicyclic) bond motifs is 1. The van der Waals surface area contributed by atoms with Gasteiger partial charge in [-0.3, -0.25) is 9.59 Å². The summed E-state index contributed by atoms with van der Waals surface area (Å²) in [6, 6.07) is 9.43. The zero-order valence-electron chi connectivity index (χ0n) is 14.7. The first-order valence-corrected chi connectivity index (χ1v) is 8.43. The summed E-state index contributed by atoms with van der Waals surface area (Å²) in [6.45, 7) is 0.675. The molecule has 1 aliphatic heterocycles. The van der Waals surface area contributed by atoms with E-state index in [2.05, 4.69) is 10.3 Å². The minimum absolute atomic E-state index is 0.0221. The van der Waals surface area contributed by atoms with E-state index in [1.807, 2.05) is 24.3 Å². The van der Waals surface area contributed by atoms with Gasteiger partial charge < -0.3 is 29.8 Å². The molecule has 1 saturated heterocycles. The molecule has 8 heteroatoms. The fourth-order valence-electron chi connectivity index (χ4n) is 3.00. The predicted molar refractivity (Wildman–Crippen MR) is 94.9 cm³/mol. The lowest BCUT2D eigenvalue weighted by Gasteiger charge is -2.30. The first-order valence-electron chi connectivity index (χ1n) is 8.43. The van der Waals surface area contributed by atoms with Crippen LogP contribution in [0.2, 0.25) is 0 Å². The van der Waals surface area contributed by atoms with E-state index in [0.29, 0.717) is 18.8 Å². The number of hydrogen-bond donors (Lipinski definition) is 3. The van der Waals surface area contributed by atoms with Crippen LogP contribution in [-0.2, 0) is 14.3 Å². The lowest BCUT2D eigenvalue weighted by atomic mass is 10.0. The van der Waals surface area contributed by atoms with Gasteiger partial charge in [-0.2, -0.15) is 0 Å². The van der Waals surface area contributed by atoms with Crippen molar-refractivity contribution in [2.24, 2.45) is 0 Å². The number of aromatic amines is 1. The van der Waals surface area contributed by atoms with E-state index < -0.39 is 5.60 Å². The SMILES string of the molecule is COCC(=O)NCC1(O)COCCN(C(=O)c2cc3ccccc3[nH]2)C1. The van der Waals surface area contributed by atoms with Gasteiger partial charge in [-0.05, 0) is 12.1 Å². The second-order valence-electron chi connectivity index (χ2n) is 6.48. The van der Waals surface area contributed by atoms with Crippen LogP contribution in [-0.4, -0.2) is 79.0 Å².